The molecule has 1 aromatic rings. The number of halogens is 1. The summed E-state index contributed by atoms with van der Waals surface area (Å²) in [5, 5.41) is 10.7. The van der Waals surface area contributed by atoms with Gasteiger partial charge in [0.05, 0.1) is 19.3 Å². The number of nitrogens with zero attached hydrogens (tertiary/aromatic N) is 1. The lowest BCUT2D eigenvalue weighted by Crippen LogP contribution is -2.40. The lowest BCUT2D eigenvalue weighted by Gasteiger charge is -2.32. The van der Waals surface area contributed by atoms with E-state index in [-0.39, 0.29) is 0 Å². The number of likely N-dealkylation sites (tertiary alicyclic amines) is 1. The first-order chi connectivity index (χ1) is 10.6. The Balaban J connectivity index is 1.53. The number of hydrogen-bond donors (Lipinski definition) is 1. The molecule has 5 heteroatoms. The summed E-state index contributed by atoms with van der Waals surface area (Å²) in [7, 11) is 0. The molecule has 0 bridgehead atoms. The highest BCUT2D eigenvalue weighted by atomic mass is 35.5. The minimum Gasteiger partial charge on any atom is -0.491 e. The van der Waals surface area contributed by atoms with Gasteiger partial charge >= 0.3 is 0 Å². The van der Waals surface area contributed by atoms with Crippen LogP contribution in [0.3, 0.4) is 0 Å². The van der Waals surface area contributed by atoms with Crippen molar-refractivity contribution in [2.75, 3.05) is 39.5 Å². The van der Waals surface area contributed by atoms with Gasteiger partial charge in [-0.05, 0) is 49.6 Å². The highest BCUT2D eigenvalue weighted by Crippen LogP contribution is 2.16. The van der Waals surface area contributed by atoms with Crippen LogP contribution in [-0.4, -0.2) is 55.6 Å². The van der Waals surface area contributed by atoms with Gasteiger partial charge in [-0.3, -0.25) is 0 Å². The Kier molecular flexibility index (Phi) is 7.46. The molecule has 0 amide bonds. The molecule has 0 saturated carbocycles. The maximum Gasteiger partial charge on any atom is 0.119 e. The molecular formula is C17H26ClNO3. The fourth-order valence-electron chi connectivity index (χ4n) is 2.77. The minimum atomic E-state index is -0.430. The summed E-state index contributed by atoms with van der Waals surface area (Å²) in [5.74, 6) is 1.51. The number of benzene rings is 1. The van der Waals surface area contributed by atoms with Crippen LogP contribution in [0, 0.1) is 5.92 Å². The zero-order valence-corrected chi connectivity index (χ0v) is 14.0. The summed E-state index contributed by atoms with van der Waals surface area (Å²) in [6.07, 6.45) is 2.09. The van der Waals surface area contributed by atoms with Crippen molar-refractivity contribution in [3.8, 4) is 5.75 Å². The topological polar surface area (TPSA) is 41.9 Å². The van der Waals surface area contributed by atoms with E-state index in [4.69, 9.17) is 21.1 Å². The van der Waals surface area contributed by atoms with Crippen LogP contribution in [-0.2, 0) is 4.74 Å². The summed E-state index contributed by atoms with van der Waals surface area (Å²) in [5.41, 5.74) is 0. The lowest BCUT2D eigenvalue weighted by molar-refractivity contribution is 0.00223. The van der Waals surface area contributed by atoms with Crippen LogP contribution in [0.2, 0.25) is 5.02 Å². The fraction of sp³-hybridized carbons (Fsp3) is 0.647. The largest absolute Gasteiger partial charge is 0.491 e. The Bertz CT molecular complexity index is 426. The molecule has 0 radical (unpaired) electrons. The average molecular weight is 328 g/mol. The molecule has 0 aromatic heterocycles. The van der Waals surface area contributed by atoms with E-state index in [2.05, 4.69) is 11.8 Å². The molecule has 1 aliphatic rings. The maximum atomic E-state index is 10.0. The SMILES string of the molecule is C[C@@H]1CCCN(C[C@@H](O)COCCOc2ccc(Cl)cc2)C1. The van der Waals surface area contributed by atoms with E-state index in [1.54, 1.807) is 12.1 Å². The molecule has 1 aliphatic heterocycles. The van der Waals surface area contributed by atoms with E-state index < -0.39 is 6.10 Å². The van der Waals surface area contributed by atoms with E-state index in [1.165, 1.54) is 12.8 Å². The van der Waals surface area contributed by atoms with Crippen molar-refractivity contribution < 1.29 is 14.6 Å². The van der Waals surface area contributed by atoms with Crippen LogP contribution in [0.25, 0.3) is 0 Å². The highest BCUT2D eigenvalue weighted by molar-refractivity contribution is 6.30. The predicted octanol–water partition coefficient (Wildman–Crippen LogP) is 2.83. The lowest BCUT2D eigenvalue weighted by atomic mass is 10.0. The molecule has 1 fully saturated rings. The van der Waals surface area contributed by atoms with E-state index in [9.17, 15) is 5.11 Å². The Morgan fingerprint density at radius 2 is 2.09 bits per heavy atom. The molecule has 0 spiro atoms. The Labute approximate surface area is 138 Å². The van der Waals surface area contributed by atoms with Gasteiger partial charge in [0.25, 0.3) is 0 Å². The standard InChI is InChI=1S/C17H26ClNO3/c1-14-3-2-8-19(11-14)12-16(20)13-21-9-10-22-17-6-4-15(18)5-7-17/h4-7,14,16,20H,2-3,8-13H2,1H3/t14-,16-/m1/s1. The van der Waals surface area contributed by atoms with Gasteiger partial charge in [0.2, 0.25) is 0 Å². The van der Waals surface area contributed by atoms with Gasteiger partial charge in [-0.1, -0.05) is 18.5 Å². The molecule has 2 atom stereocenters. The quantitative estimate of drug-likeness (QED) is 0.746. The number of ether oxygens (including phenoxy) is 2. The Morgan fingerprint density at radius 3 is 2.82 bits per heavy atom. The van der Waals surface area contributed by atoms with Crippen LogP contribution in [0.5, 0.6) is 5.75 Å². The Hall–Kier alpha value is -0.810. The van der Waals surface area contributed by atoms with Crippen molar-refractivity contribution >= 4 is 11.6 Å². The summed E-state index contributed by atoms with van der Waals surface area (Å²) >= 11 is 5.81. The normalized spacial score (nSPS) is 20.8. The monoisotopic (exact) mass is 327 g/mol. The van der Waals surface area contributed by atoms with Crippen molar-refractivity contribution in [2.45, 2.75) is 25.9 Å². The second kappa shape index (κ2) is 9.36. The van der Waals surface area contributed by atoms with Crippen LogP contribution in [0.4, 0.5) is 0 Å². The molecule has 0 unspecified atom stereocenters. The number of aliphatic hydroxyl groups excluding tert-OH is 1. The summed E-state index contributed by atoms with van der Waals surface area (Å²) in [4.78, 5) is 2.33. The third-order valence-electron chi connectivity index (χ3n) is 3.83. The van der Waals surface area contributed by atoms with Gasteiger partial charge in [-0.15, -0.1) is 0 Å². The number of aliphatic hydroxyl groups is 1. The molecule has 1 aromatic carbocycles. The summed E-state index contributed by atoms with van der Waals surface area (Å²) in [6, 6.07) is 7.24. The molecule has 124 valence electrons. The molecule has 22 heavy (non-hydrogen) atoms. The highest BCUT2D eigenvalue weighted by Gasteiger charge is 2.18. The average Bonchev–Trinajstić information content (AvgIpc) is 2.49. The first kappa shape index (κ1) is 17.5. The molecule has 1 heterocycles. The van der Waals surface area contributed by atoms with E-state index >= 15 is 0 Å². The van der Waals surface area contributed by atoms with Crippen molar-refractivity contribution in [3.05, 3.63) is 29.3 Å². The number of β-amino-alcohol motifs (C(OH)–C–C–N with tert-alkyl or cyclic N) is 1. The number of hydrogen-bond acceptors (Lipinski definition) is 4. The van der Waals surface area contributed by atoms with Crippen LogP contribution < -0.4 is 4.74 Å². The third-order valence-corrected chi connectivity index (χ3v) is 4.08. The van der Waals surface area contributed by atoms with E-state index in [1.807, 2.05) is 12.1 Å². The smallest absolute Gasteiger partial charge is 0.119 e. The van der Waals surface area contributed by atoms with Crippen molar-refractivity contribution in [1.82, 2.24) is 4.90 Å². The van der Waals surface area contributed by atoms with Gasteiger partial charge < -0.3 is 19.5 Å². The Morgan fingerprint density at radius 1 is 1.32 bits per heavy atom. The zero-order valence-electron chi connectivity index (χ0n) is 13.2. The van der Waals surface area contributed by atoms with E-state index in [0.29, 0.717) is 31.4 Å². The first-order valence-electron chi connectivity index (χ1n) is 8.00. The predicted molar refractivity (Wildman–Crippen MR) is 88.6 cm³/mol. The fourth-order valence-corrected chi connectivity index (χ4v) is 2.90. The molecule has 4 nitrogen and oxygen atoms in total. The van der Waals surface area contributed by atoms with Crippen molar-refractivity contribution in [3.63, 3.8) is 0 Å². The van der Waals surface area contributed by atoms with Crippen molar-refractivity contribution in [2.24, 2.45) is 5.92 Å². The van der Waals surface area contributed by atoms with Gasteiger partial charge in [0.1, 0.15) is 12.4 Å². The number of rotatable bonds is 8. The first-order valence-corrected chi connectivity index (χ1v) is 8.38. The van der Waals surface area contributed by atoms with Crippen LogP contribution in [0.1, 0.15) is 19.8 Å². The van der Waals surface area contributed by atoms with Gasteiger partial charge in [-0.25, -0.2) is 0 Å². The summed E-state index contributed by atoms with van der Waals surface area (Å²) in [6.45, 7) is 6.42. The molecule has 2 rings (SSSR count). The number of piperidine rings is 1. The minimum absolute atomic E-state index is 0.356. The molecular weight excluding hydrogens is 302 g/mol. The van der Waals surface area contributed by atoms with Gasteiger partial charge in [-0.2, -0.15) is 0 Å². The second-order valence-electron chi connectivity index (χ2n) is 6.04. The van der Waals surface area contributed by atoms with Crippen LogP contribution >= 0.6 is 11.6 Å². The van der Waals surface area contributed by atoms with Gasteiger partial charge in [0.15, 0.2) is 0 Å². The molecule has 1 saturated heterocycles. The second-order valence-corrected chi connectivity index (χ2v) is 6.47. The molecule has 1 N–H and O–H groups in total. The van der Waals surface area contributed by atoms with Crippen LogP contribution in [0.15, 0.2) is 24.3 Å². The molecule has 0 aliphatic carbocycles. The third kappa shape index (κ3) is 6.53. The summed E-state index contributed by atoms with van der Waals surface area (Å²) < 4.78 is 11.0. The zero-order chi connectivity index (χ0) is 15.8. The van der Waals surface area contributed by atoms with Crippen molar-refractivity contribution in [1.29, 1.82) is 0 Å². The van der Waals surface area contributed by atoms with E-state index in [0.717, 1.165) is 24.8 Å². The van der Waals surface area contributed by atoms with Gasteiger partial charge in [0, 0.05) is 18.1 Å². The maximum absolute atomic E-state index is 10.0.